The minimum Gasteiger partial charge on any atom is -0.507 e. The van der Waals surface area contributed by atoms with Gasteiger partial charge in [0.2, 0.25) is 5.43 Å². The third-order valence-electron chi connectivity index (χ3n) is 4.84. The summed E-state index contributed by atoms with van der Waals surface area (Å²) in [5.41, 5.74) is 2.56. The second-order valence-corrected chi connectivity index (χ2v) is 6.94. The average molecular weight is 365 g/mol. The summed E-state index contributed by atoms with van der Waals surface area (Å²) in [6, 6.07) is 12.8. The van der Waals surface area contributed by atoms with Crippen molar-refractivity contribution in [3.63, 3.8) is 0 Å². The third-order valence-corrected chi connectivity index (χ3v) is 4.84. The molecule has 4 heteroatoms. The lowest BCUT2D eigenvalue weighted by Gasteiger charge is -2.22. The molecule has 0 aliphatic rings. The molecule has 1 aromatic heterocycles. The minimum absolute atomic E-state index is 0.0567. The SMILES string of the molecule is CCCN(CCC)Cc1c(O)ccc2c(=O)c(-c3ccccc3)c(C)oc12. The maximum Gasteiger partial charge on any atom is 0.200 e. The highest BCUT2D eigenvalue weighted by atomic mass is 16.3. The summed E-state index contributed by atoms with van der Waals surface area (Å²) in [5, 5.41) is 11.0. The molecule has 0 aliphatic heterocycles. The molecule has 0 atom stereocenters. The van der Waals surface area contributed by atoms with Crippen LogP contribution in [0.15, 0.2) is 51.7 Å². The predicted molar refractivity (Wildman–Crippen MR) is 110 cm³/mol. The number of aromatic hydroxyl groups is 1. The summed E-state index contributed by atoms with van der Waals surface area (Å²) in [5.74, 6) is 0.748. The van der Waals surface area contributed by atoms with Crippen molar-refractivity contribution < 1.29 is 9.52 Å². The number of phenolic OH excluding ortho intramolecular Hbond substituents is 1. The van der Waals surface area contributed by atoms with Crippen LogP contribution in [0.2, 0.25) is 0 Å². The Hall–Kier alpha value is -2.59. The second kappa shape index (κ2) is 8.40. The summed E-state index contributed by atoms with van der Waals surface area (Å²) >= 11 is 0. The van der Waals surface area contributed by atoms with Crippen LogP contribution in [0, 0.1) is 6.92 Å². The van der Waals surface area contributed by atoms with Crippen molar-refractivity contribution in [3.8, 4) is 16.9 Å². The molecule has 0 bridgehead atoms. The summed E-state index contributed by atoms with van der Waals surface area (Å²) in [4.78, 5) is 15.5. The Bertz CT molecular complexity index is 970. The molecule has 0 fully saturated rings. The summed E-state index contributed by atoms with van der Waals surface area (Å²) in [7, 11) is 0. The molecule has 0 spiro atoms. The van der Waals surface area contributed by atoms with Gasteiger partial charge in [-0.3, -0.25) is 9.69 Å². The van der Waals surface area contributed by atoms with Gasteiger partial charge in [-0.1, -0.05) is 44.2 Å². The molecule has 1 heterocycles. The molecule has 1 N–H and O–H groups in total. The van der Waals surface area contributed by atoms with Gasteiger partial charge in [-0.2, -0.15) is 0 Å². The third kappa shape index (κ3) is 3.91. The van der Waals surface area contributed by atoms with Crippen molar-refractivity contribution in [2.45, 2.75) is 40.2 Å². The van der Waals surface area contributed by atoms with Gasteiger partial charge in [0.05, 0.1) is 16.5 Å². The van der Waals surface area contributed by atoms with E-state index in [0.29, 0.717) is 34.4 Å². The lowest BCUT2D eigenvalue weighted by molar-refractivity contribution is 0.262. The van der Waals surface area contributed by atoms with Crippen LogP contribution in [0.4, 0.5) is 0 Å². The maximum absolute atomic E-state index is 13.2. The molecule has 3 aromatic rings. The van der Waals surface area contributed by atoms with E-state index >= 15 is 0 Å². The molecule has 0 unspecified atom stereocenters. The average Bonchev–Trinajstić information content (AvgIpc) is 2.65. The van der Waals surface area contributed by atoms with E-state index in [1.807, 2.05) is 37.3 Å². The number of benzene rings is 2. The van der Waals surface area contributed by atoms with Gasteiger partial charge in [0.25, 0.3) is 0 Å². The molecule has 0 radical (unpaired) electrons. The highest BCUT2D eigenvalue weighted by Crippen LogP contribution is 2.31. The number of rotatable bonds is 7. The first-order chi connectivity index (χ1) is 13.1. The zero-order chi connectivity index (χ0) is 19.4. The van der Waals surface area contributed by atoms with Crippen LogP contribution in [0.5, 0.6) is 5.75 Å². The van der Waals surface area contributed by atoms with E-state index in [-0.39, 0.29) is 11.2 Å². The normalized spacial score (nSPS) is 11.4. The number of nitrogens with zero attached hydrogens (tertiary/aromatic N) is 1. The zero-order valence-electron chi connectivity index (χ0n) is 16.3. The highest BCUT2D eigenvalue weighted by Gasteiger charge is 2.19. The Kier molecular flexibility index (Phi) is 5.97. The van der Waals surface area contributed by atoms with Gasteiger partial charge in [0.1, 0.15) is 17.1 Å². The highest BCUT2D eigenvalue weighted by molar-refractivity contribution is 5.86. The fraction of sp³-hybridized carbons (Fsp3) is 0.348. The maximum atomic E-state index is 13.2. The lowest BCUT2D eigenvalue weighted by Crippen LogP contribution is -2.25. The molecule has 0 saturated heterocycles. The molecule has 27 heavy (non-hydrogen) atoms. The predicted octanol–water partition coefficient (Wildman–Crippen LogP) is 5.10. The molecule has 3 rings (SSSR count). The van der Waals surface area contributed by atoms with Gasteiger partial charge in [-0.25, -0.2) is 0 Å². The minimum atomic E-state index is -0.0567. The quantitative estimate of drug-likeness (QED) is 0.633. The van der Waals surface area contributed by atoms with E-state index in [0.717, 1.165) is 31.5 Å². The summed E-state index contributed by atoms with van der Waals surface area (Å²) in [6.07, 6.45) is 2.07. The largest absolute Gasteiger partial charge is 0.507 e. The van der Waals surface area contributed by atoms with Crippen LogP contribution in [-0.4, -0.2) is 23.1 Å². The van der Waals surface area contributed by atoms with E-state index in [4.69, 9.17) is 4.42 Å². The molecule has 0 saturated carbocycles. The Morgan fingerprint density at radius 3 is 2.30 bits per heavy atom. The van der Waals surface area contributed by atoms with Crippen LogP contribution >= 0.6 is 0 Å². The number of aryl methyl sites for hydroxylation is 1. The van der Waals surface area contributed by atoms with Gasteiger partial charge in [0, 0.05) is 6.54 Å². The van der Waals surface area contributed by atoms with E-state index in [1.165, 1.54) is 0 Å². The Balaban J connectivity index is 2.16. The van der Waals surface area contributed by atoms with Crippen molar-refractivity contribution >= 4 is 11.0 Å². The van der Waals surface area contributed by atoms with Crippen LogP contribution in [0.25, 0.3) is 22.1 Å². The summed E-state index contributed by atoms with van der Waals surface area (Å²) < 4.78 is 6.11. The van der Waals surface area contributed by atoms with Gasteiger partial charge < -0.3 is 9.52 Å². The van der Waals surface area contributed by atoms with E-state index in [9.17, 15) is 9.90 Å². The monoisotopic (exact) mass is 365 g/mol. The van der Waals surface area contributed by atoms with Crippen molar-refractivity contribution in [2.75, 3.05) is 13.1 Å². The molecular formula is C23H27NO3. The van der Waals surface area contributed by atoms with Crippen LogP contribution < -0.4 is 5.43 Å². The lowest BCUT2D eigenvalue weighted by atomic mass is 10.0. The van der Waals surface area contributed by atoms with E-state index in [1.54, 1.807) is 12.1 Å². The van der Waals surface area contributed by atoms with Crippen molar-refractivity contribution in [1.29, 1.82) is 0 Å². The first-order valence-corrected chi connectivity index (χ1v) is 9.62. The van der Waals surface area contributed by atoms with E-state index < -0.39 is 0 Å². The standard InChI is InChI=1S/C23H27NO3/c1-4-13-24(14-5-2)15-19-20(25)12-11-18-22(26)21(16(3)27-23(18)19)17-9-7-6-8-10-17/h6-12,25H,4-5,13-15H2,1-3H3. The molecule has 142 valence electrons. The topological polar surface area (TPSA) is 53.7 Å². The number of fused-ring (bicyclic) bond motifs is 1. The van der Waals surface area contributed by atoms with Gasteiger partial charge in [0.15, 0.2) is 0 Å². The second-order valence-electron chi connectivity index (χ2n) is 6.94. The van der Waals surface area contributed by atoms with Crippen molar-refractivity contribution in [3.05, 3.63) is 64.0 Å². The van der Waals surface area contributed by atoms with Crippen LogP contribution in [-0.2, 0) is 6.54 Å². The number of hydrogen-bond acceptors (Lipinski definition) is 4. The van der Waals surface area contributed by atoms with Gasteiger partial charge >= 0.3 is 0 Å². The first kappa shape index (κ1) is 19.2. The Morgan fingerprint density at radius 2 is 1.67 bits per heavy atom. The molecule has 0 aliphatic carbocycles. The van der Waals surface area contributed by atoms with Gasteiger partial charge in [-0.05, 0) is 50.6 Å². The zero-order valence-corrected chi connectivity index (χ0v) is 16.3. The Morgan fingerprint density at radius 1 is 1.00 bits per heavy atom. The molecule has 4 nitrogen and oxygen atoms in total. The van der Waals surface area contributed by atoms with Crippen molar-refractivity contribution in [2.24, 2.45) is 0 Å². The molecular weight excluding hydrogens is 338 g/mol. The number of hydrogen-bond donors (Lipinski definition) is 1. The smallest absolute Gasteiger partial charge is 0.200 e. The fourth-order valence-corrected chi connectivity index (χ4v) is 3.63. The fourth-order valence-electron chi connectivity index (χ4n) is 3.63. The van der Waals surface area contributed by atoms with Gasteiger partial charge in [-0.15, -0.1) is 0 Å². The summed E-state index contributed by atoms with van der Waals surface area (Å²) in [6.45, 7) is 8.54. The molecule has 0 amide bonds. The molecule has 2 aromatic carbocycles. The van der Waals surface area contributed by atoms with Crippen molar-refractivity contribution in [1.82, 2.24) is 4.90 Å². The van der Waals surface area contributed by atoms with E-state index in [2.05, 4.69) is 18.7 Å². The Labute approximate surface area is 160 Å². The van der Waals surface area contributed by atoms with Crippen LogP contribution in [0.1, 0.15) is 38.0 Å². The first-order valence-electron chi connectivity index (χ1n) is 9.62. The van der Waals surface area contributed by atoms with Crippen LogP contribution in [0.3, 0.4) is 0 Å². The number of phenols is 1.